The molecule has 1 aromatic rings. The molecular formula is C13H15ClN4OS. The Bertz CT molecular complexity index is 702. The molecule has 0 bridgehead atoms. The zero-order chi connectivity index (χ0) is 14.8. The van der Waals surface area contributed by atoms with Gasteiger partial charge in [0.05, 0.1) is 38.0 Å². The van der Waals surface area contributed by atoms with Crippen LogP contribution < -0.4 is 0 Å². The predicted molar refractivity (Wildman–Crippen MR) is 82.6 cm³/mol. The molecule has 2 rings (SSSR count). The normalized spacial score (nSPS) is 16.5. The average molecular weight is 311 g/mol. The number of rotatable bonds is 3. The Balaban J connectivity index is 2.50. The van der Waals surface area contributed by atoms with Gasteiger partial charge in [0.1, 0.15) is 6.07 Å². The summed E-state index contributed by atoms with van der Waals surface area (Å²) < 4.78 is 16.4. The van der Waals surface area contributed by atoms with E-state index >= 15 is 0 Å². The van der Waals surface area contributed by atoms with E-state index in [1.54, 1.807) is 23.4 Å². The van der Waals surface area contributed by atoms with Crippen LogP contribution in [0.4, 0.5) is 11.4 Å². The van der Waals surface area contributed by atoms with E-state index in [1.165, 1.54) is 0 Å². The van der Waals surface area contributed by atoms with E-state index < -0.39 is 9.73 Å². The smallest absolute Gasteiger partial charge is 0.103 e. The molecule has 0 aliphatic carbocycles. The molecule has 0 amide bonds. The molecular weight excluding hydrogens is 296 g/mol. The maximum atomic E-state index is 12.1. The molecule has 1 aromatic carbocycles. The quantitative estimate of drug-likeness (QED) is 0.636. The van der Waals surface area contributed by atoms with Crippen molar-refractivity contribution in [3.8, 4) is 6.07 Å². The van der Waals surface area contributed by atoms with Gasteiger partial charge in [0.25, 0.3) is 0 Å². The molecule has 0 aromatic heterocycles. The van der Waals surface area contributed by atoms with Gasteiger partial charge in [0.15, 0.2) is 0 Å². The summed E-state index contributed by atoms with van der Waals surface area (Å²) >= 11 is 6.08. The van der Waals surface area contributed by atoms with Crippen LogP contribution in [0.15, 0.2) is 21.5 Å². The summed E-state index contributed by atoms with van der Waals surface area (Å²) in [5, 5.41) is 9.42. The molecule has 0 N–H and O–H groups in total. The molecule has 1 saturated heterocycles. The van der Waals surface area contributed by atoms with Crippen LogP contribution in [0.25, 0.3) is 0 Å². The van der Waals surface area contributed by atoms with Crippen LogP contribution in [0.2, 0.25) is 5.02 Å². The lowest BCUT2D eigenvalue weighted by atomic mass is 10.2. The fraction of sp³-hybridized carbons (Fsp3) is 0.385. The second kappa shape index (κ2) is 5.81. The Morgan fingerprint density at radius 1 is 1.45 bits per heavy atom. The van der Waals surface area contributed by atoms with E-state index in [9.17, 15) is 4.21 Å². The van der Waals surface area contributed by atoms with Gasteiger partial charge in [-0.2, -0.15) is 9.62 Å². The molecule has 1 aliphatic rings. The van der Waals surface area contributed by atoms with Crippen molar-refractivity contribution < 1.29 is 4.21 Å². The van der Waals surface area contributed by atoms with E-state index in [2.05, 4.69) is 9.36 Å². The zero-order valence-corrected chi connectivity index (χ0v) is 12.9. The number of hydrogen-bond acceptors (Lipinski definition) is 4. The lowest BCUT2D eigenvalue weighted by Gasteiger charge is -2.18. The Kier molecular flexibility index (Phi) is 4.31. The predicted octanol–water partition coefficient (Wildman–Crippen LogP) is 2.94. The topological polar surface area (TPSA) is 68.8 Å². The molecule has 0 atom stereocenters. The van der Waals surface area contributed by atoms with Gasteiger partial charge < -0.3 is 4.90 Å². The highest BCUT2D eigenvalue weighted by molar-refractivity contribution is 7.95. The van der Waals surface area contributed by atoms with E-state index in [0.717, 1.165) is 6.42 Å². The number of nitriles is 1. The lowest BCUT2D eigenvalue weighted by molar-refractivity contribution is 0.643. The number of halogens is 1. The average Bonchev–Trinajstić information content (AvgIpc) is 2.34. The third-order valence-electron chi connectivity index (χ3n) is 2.79. The highest BCUT2D eigenvalue weighted by Crippen LogP contribution is 2.33. The summed E-state index contributed by atoms with van der Waals surface area (Å²) in [5.74, 6) is 1.25. The minimum Gasteiger partial charge on any atom is -0.369 e. The van der Waals surface area contributed by atoms with Crippen LogP contribution in [-0.2, 0) is 9.73 Å². The number of nitrogens with zero attached hydrogens (tertiary/aromatic N) is 4. The van der Waals surface area contributed by atoms with Crippen molar-refractivity contribution in [1.29, 1.82) is 5.26 Å². The first-order chi connectivity index (χ1) is 9.43. The third-order valence-corrected chi connectivity index (χ3v) is 5.49. The van der Waals surface area contributed by atoms with E-state index in [-0.39, 0.29) is 5.02 Å². The fourth-order valence-corrected chi connectivity index (χ4v) is 3.40. The highest BCUT2D eigenvalue weighted by atomic mass is 35.5. The van der Waals surface area contributed by atoms with Crippen LogP contribution in [0, 0.1) is 11.3 Å². The third kappa shape index (κ3) is 3.30. The number of aliphatic imine (C=N–C) groups is 1. The van der Waals surface area contributed by atoms with Gasteiger partial charge in [-0.15, -0.1) is 0 Å². The molecule has 5 nitrogen and oxygen atoms in total. The minimum absolute atomic E-state index is 0.280. The van der Waals surface area contributed by atoms with Crippen molar-refractivity contribution in [3.63, 3.8) is 0 Å². The molecule has 1 aliphatic heterocycles. The second-order valence-corrected chi connectivity index (χ2v) is 7.72. The Morgan fingerprint density at radius 3 is 2.65 bits per heavy atom. The molecule has 0 saturated carbocycles. The van der Waals surface area contributed by atoms with Crippen LogP contribution in [0.5, 0.6) is 0 Å². The summed E-state index contributed by atoms with van der Waals surface area (Å²) in [7, 11) is 1.55. The summed E-state index contributed by atoms with van der Waals surface area (Å²) in [6.07, 6.45) is 2.53. The molecule has 20 heavy (non-hydrogen) atoms. The summed E-state index contributed by atoms with van der Waals surface area (Å²) in [4.78, 5) is 5.97. The molecule has 106 valence electrons. The van der Waals surface area contributed by atoms with Crippen molar-refractivity contribution in [2.75, 3.05) is 25.6 Å². The molecule has 1 heterocycles. The van der Waals surface area contributed by atoms with Gasteiger partial charge in [-0.05, 0) is 18.6 Å². The summed E-state index contributed by atoms with van der Waals surface area (Å²) in [5.41, 5.74) is 1.26. The minimum atomic E-state index is -2.11. The molecule has 0 spiro atoms. The van der Waals surface area contributed by atoms with Crippen molar-refractivity contribution in [2.24, 2.45) is 9.36 Å². The molecule has 7 heteroatoms. The highest BCUT2D eigenvalue weighted by Gasteiger charge is 2.19. The summed E-state index contributed by atoms with van der Waals surface area (Å²) in [6, 6.07) is 5.25. The first kappa shape index (κ1) is 14.8. The van der Waals surface area contributed by atoms with Gasteiger partial charge in [-0.1, -0.05) is 11.6 Å². The van der Waals surface area contributed by atoms with Crippen molar-refractivity contribution in [2.45, 2.75) is 6.42 Å². The van der Waals surface area contributed by atoms with Crippen molar-refractivity contribution >= 4 is 39.0 Å². The Hall–Kier alpha value is -1.58. The maximum absolute atomic E-state index is 12.1. The lowest BCUT2D eigenvalue weighted by Crippen LogP contribution is -2.22. The fourth-order valence-electron chi connectivity index (χ4n) is 1.70. The van der Waals surface area contributed by atoms with E-state index in [1.807, 2.05) is 20.2 Å². The van der Waals surface area contributed by atoms with E-state index in [0.29, 0.717) is 28.4 Å². The van der Waals surface area contributed by atoms with E-state index in [4.69, 9.17) is 16.9 Å². The molecule has 1 fully saturated rings. The van der Waals surface area contributed by atoms with Crippen molar-refractivity contribution in [3.05, 3.63) is 22.7 Å². The van der Waals surface area contributed by atoms with Crippen LogP contribution in [0.1, 0.15) is 12.0 Å². The van der Waals surface area contributed by atoms with Crippen LogP contribution in [0.3, 0.4) is 0 Å². The monoisotopic (exact) mass is 310 g/mol. The van der Waals surface area contributed by atoms with Crippen molar-refractivity contribution in [1.82, 2.24) is 4.90 Å². The number of hydrogen-bond donors (Lipinski definition) is 0. The number of benzene rings is 1. The Labute approximate surface area is 124 Å². The van der Waals surface area contributed by atoms with Crippen LogP contribution >= 0.6 is 11.6 Å². The maximum Gasteiger partial charge on any atom is 0.103 e. The van der Waals surface area contributed by atoms with Gasteiger partial charge in [-0.3, -0.25) is 0 Å². The van der Waals surface area contributed by atoms with Gasteiger partial charge in [0, 0.05) is 25.6 Å². The molecule has 0 radical (unpaired) electrons. The van der Waals surface area contributed by atoms with Gasteiger partial charge in [-0.25, -0.2) is 9.20 Å². The van der Waals surface area contributed by atoms with Gasteiger partial charge >= 0.3 is 0 Å². The zero-order valence-electron chi connectivity index (χ0n) is 11.3. The first-order valence-electron chi connectivity index (χ1n) is 6.10. The summed E-state index contributed by atoms with van der Waals surface area (Å²) in [6.45, 7) is 0. The largest absolute Gasteiger partial charge is 0.369 e. The standard InChI is InChI=1S/C13H15ClN4OS/c1-18(2)9-16-13-7-10(6-12(14)11(13)8-15)17-20(19)4-3-5-20/h6-7,9H,3-5H2,1-2H3/b16-9+. The second-order valence-electron chi connectivity index (χ2n) is 4.77. The molecule has 0 unspecified atom stereocenters. The SMILES string of the molecule is CN(C)/C=N/c1cc(N=S2(=O)CCC2)cc(Cl)c1C#N. The first-order valence-corrected chi connectivity index (χ1v) is 8.33. The Morgan fingerprint density at radius 2 is 2.15 bits per heavy atom. The van der Waals surface area contributed by atoms with Gasteiger partial charge in [0.2, 0.25) is 0 Å². The van der Waals surface area contributed by atoms with Crippen LogP contribution in [-0.4, -0.2) is 41.0 Å².